The van der Waals surface area contributed by atoms with E-state index in [-0.39, 0.29) is 0 Å². The zero-order valence-corrected chi connectivity index (χ0v) is 17.7. The number of hydrogen-bond acceptors (Lipinski definition) is 2. The van der Waals surface area contributed by atoms with Crippen LogP contribution in [0, 0.1) is 5.92 Å². The number of thiophene rings is 1. The largest absolute Gasteiger partial charge is 0.382 e. The van der Waals surface area contributed by atoms with Crippen molar-refractivity contribution in [2.75, 3.05) is 5.32 Å². The van der Waals surface area contributed by atoms with Gasteiger partial charge in [-0.05, 0) is 55.0 Å². The smallest absolute Gasteiger partial charge is 0.0418 e. The van der Waals surface area contributed by atoms with Gasteiger partial charge in [0.1, 0.15) is 0 Å². The summed E-state index contributed by atoms with van der Waals surface area (Å²) in [6, 6.07) is 22.7. The molecule has 4 aromatic rings. The third kappa shape index (κ3) is 2.51. The summed E-state index contributed by atoms with van der Waals surface area (Å²) in [7, 11) is 0. The highest BCUT2D eigenvalue weighted by molar-refractivity contribution is 7.25. The predicted molar refractivity (Wildman–Crippen MR) is 125 cm³/mol. The molecule has 0 bridgehead atoms. The van der Waals surface area contributed by atoms with Gasteiger partial charge in [-0.15, -0.1) is 11.3 Å². The molecular formula is C26H25NS. The van der Waals surface area contributed by atoms with Crippen LogP contribution in [0.2, 0.25) is 0 Å². The summed E-state index contributed by atoms with van der Waals surface area (Å²) >= 11 is 1.90. The molecule has 1 N–H and O–H groups in total. The van der Waals surface area contributed by atoms with Crippen molar-refractivity contribution in [1.82, 2.24) is 0 Å². The minimum absolute atomic E-state index is 0.409. The van der Waals surface area contributed by atoms with Crippen molar-refractivity contribution in [3.63, 3.8) is 0 Å². The van der Waals surface area contributed by atoms with E-state index in [1.165, 1.54) is 53.0 Å². The fraction of sp³-hybridized carbons (Fsp3) is 0.231. The van der Waals surface area contributed by atoms with Crippen molar-refractivity contribution in [3.8, 4) is 0 Å². The molecule has 28 heavy (non-hydrogen) atoms. The first kappa shape index (κ1) is 17.5. The average Bonchev–Trinajstić information content (AvgIpc) is 3.17. The van der Waals surface area contributed by atoms with Gasteiger partial charge in [0.15, 0.2) is 0 Å². The molecule has 0 spiro atoms. The van der Waals surface area contributed by atoms with Crippen LogP contribution < -0.4 is 15.8 Å². The maximum atomic E-state index is 3.65. The van der Waals surface area contributed by atoms with Crippen molar-refractivity contribution < 1.29 is 0 Å². The Balaban J connectivity index is 1.91. The van der Waals surface area contributed by atoms with Gasteiger partial charge in [0.2, 0.25) is 0 Å². The summed E-state index contributed by atoms with van der Waals surface area (Å²) in [6.07, 6.45) is 0. The van der Waals surface area contributed by atoms with Gasteiger partial charge in [0.25, 0.3) is 0 Å². The first-order valence-corrected chi connectivity index (χ1v) is 10.9. The number of anilines is 1. The Morgan fingerprint density at radius 2 is 1.64 bits per heavy atom. The summed E-state index contributed by atoms with van der Waals surface area (Å²) in [5.74, 6) is 0.411. The maximum absolute atomic E-state index is 3.65. The number of fused-ring (bicyclic) bond motifs is 5. The van der Waals surface area contributed by atoms with Crippen LogP contribution in [0.25, 0.3) is 31.3 Å². The van der Waals surface area contributed by atoms with Gasteiger partial charge in [0.05, 0.1) is 0 Å². The van der Waals surface area contributed by atoms with Crippen LogP contribution in [0.5, 0.6) is 0 Å². The summed E-state index contributed by atoms with van der Waals surface area (Å²) < 4.78 is 2.77. The average molecular weight is 384 g/mol. The topological polar surface area (TPSA) is 12.0 Å². The summed E-state index contributed by atoms with van der Waals surface area (Å²) in [4.78, 5) is 0. The number of hydrogen-bond donors (Lipinski definition) is 1. The van der Waals surface area contributed by atoms with Crippen molar-refractivity contribution in [1.29, 1.82) is 0 Å². The molecular weight excluding hydrogens is 358 g/mol. The Morgan fingerprint density at radius 1 is 0.893 bits per heavy atom. The third-order valence-corrected chi connectivity index (χ3v) is 7.11. The molecule has 0 aliphatic heterocycles. The third-order valence-electron chi connectivity index (χ3n) is 5.97. The van der Waals surface area contributed by atoms with Crippen molar-refractivity contribution in [3.05, 3.63) is 76.7 Å². The Kier molecular flexibility index (Phi) is 4.06. The highest BCUT2D eigenvalue weighted by Crippen LogP contribution is 2.36. The minimum Gasteiger partial charge on any atom is -0.382 e. The van der Waals surface area contributed by atoms with E-state index in [1.54, 1.807) is 0 Å². The Labute approximate surface area is 170 Å². The zero-order chi connectivity index (χ0) is 19.4. The highest BCUT2D eigenvalue weighted by atomic mass is 32.1. The SMILES string of the molecule is CC1=c2c(ccc3sc4ccccc4c23)=C(c2ccccc2NC(C)C)C1C. The molecule has 0 amide bonds. The van der Waals surface area contributed by atoms with Crippen molar-refractivity contribution >= 4 is 48.3 Å². The van der Waals surface area contributed by atoms with E-state index in [4.69, 9.17) is 0 Å². The van der Waals surface area contributed by atoms with Crippen LogP contribution >= 0.6 is 11.3 Å². The van der Waals surface area contributed by atoms with E-state index in [1.807, 2.05) is 11.3 Å². The predicted octanol–water partition coefficient (Wildman–Crippen LogP) is 5.89. The van der Waals surface area contributed by atoms with Gasteiger partial charge in [-0.3, -0.25) is 0 Å². The second-order valence-electron chi connectivity index (χ2n) is 8.12. The first-order chi connectivity index (χ1) is 13.6. The van der Waals surface area contributed by atoms with Crippen molar-refractivity contribution in [2.24, 2.45) is 5.92 Å². The molecule has 0 saturated heterocycles. The lowest BCUT2D eigenvalue weighted by Crippen LogP contribution is -2.25. The fourth-order valence-corrected chi connectivity index (χ4v) is 5.76. The van der Waals surface area contributed by atoms with E-state index in [0.29, 0.717) is 12.0 Å². The molecule has 1 heterocycles. The summed E-state index contributed by atoms with van der Waals surface area (Å²) in [5.41, 5.74) is 5.50. The quantitative estimate of drug-likeness (QED) is 0.465. The number of nitrogens with one attached hydrogen (secondary N) is 1. The number of para-hydroxylation sites is 1. The minimum atomic E-state index is 0.409. The van der Waals surface area contributed by atoms with E-state index in [0.717, 1.165) is 0 Å². The molecule has 1 aliphatic carbocycles. The Bertz CT molecular complexity index is 1340. The van der Waals surface area contributed by atoms with Crippen LogP contribution in [-0.4, -0.2) is 6.04 Å². The number of benzene rings is 3. The zero-order valence-electron chi connectivity index (χ0n) is 16.8. The molecule has 5 rings (SSSR count). The van der Waals surface area contributed by atoms with Gasteiger partial charge in [-0.25, -0.2) is 0 Å². The fourth-order valence-electron chi connectivity index (χ4n) is 4.65. The van der Waals surface area contributed by atoms with Crippen LogP contribution in [0.3, 0.4) is 0 Å². The van der Waals surface area contributed by atoms with Gasteiger partial charge in [-0.1, -0.05) is 55.0 Å². The second-order valence-corrected chi connectivity index (χ2v) is 9.21. The summed E-state index contributed by atoms with van der Waals surface area (Å²) in [6.45, 7) is 9.08. The summed E-state index contributed by atoms with van der Waals surface area (Å²) in [5, 5.41) is 9.33. The molecule has 1 aliphatic rings. The molecule has 0 fully saturated rings. The highest BCUT2D eigenvalue weighted by Gasteiger charge is 2.24. The lowest BCUT2D eigenvalue weighted by atomic mass is 9.91. The normalized spacial score (nSPS) is 16.4. The molecule has 2 heteroatoms. The van der Waals surface area contributed by atoms with Crippen LogP contribution in [0.15, 0.2) is 60.7 Å². The van der Waals surface area contributed by atoms with Crippen LogP contribution in [-0.2, 0) is 0 Å². The molecule has 0 radical (unpaired) electrons. The molecule has 1 nitrogen and oxygen atoms in total. The van der Waals surface area contributed by atoms with Crippen molar-refractivity contribution in [2.45, 2.75) is 33.7 Å². The Morgan fingerprint density at radius 3 is 2.46 bits per heavy atom. The monoisotopic (exact) mass is 383 g/mol. The molecule has 1 unspecified atom stereocenters. The van der Waals surface area contributed by atoms with E-state index >= 15 is 0 Å². The van der Waals surface area contributed by atoms with Gasteiger partial charge in [-0.2, -0.15) is 0 Å². The molecule has 1 aromatic heterocycles. The Hall–Kier alpha value is -2.58. The van der Waals surface area contributed by atoms with Gasteiger partial charge in [0, 0.05) is 43.4 Å². The maximum Gasteiger partial charge on any atom is 0.0418 e. The lowest BCUT2D eigenvalue weighted by molar-refractivity contribution is 0.897. The molecule has 0 saturated carbocycles. The van der Waals surface area contributed by atoms with E-state index in [2.05, 4.69) is 93.7 Å². The lowest BCUT2D eigenvalue weighted by Gasteiger charge is -2.19. The number of rotatable bonds is 3. The standard InChI is InChI=1S/C26H25NS/c1-15(2)27-21-11-7-5-9-18(21)24-16(3)17(4)25-20(24)13-14-23-26(25)19-10-6-8-12-22(19)28-23/h5-16,27H,1-4H3. The molecule has 140 valence electrons. The van der Waals surface area contributed by atoms with Crippen LogP contribution in [0.4, 0.5) is 5.69 Å². The van der Waals surface area contributed by atoms with Gasteiger partial charge < -0.3 is 5.32 Å². The van der Waals surface area contributed by atoms with E-state index < -0.39 is 0 Å². The molecule has 1 atom stereocenters. The van der Waals surface area contributed by atoms with Gasteiger partial charge >= 0.3 is 0 Å². The van der Waals surface area contributed by atoms with E-state index in [9.17, 15) is 0 Å². The molecule has 3 aromatic carbocycles. The second kappa shape index (κ2) is 6.49. The first-order valence-electron chi connectivity index (χ1n) is 10.1. The van der Waals surface area contributed by atoms with Crippen LogP contribution in [0.1, 0.15) is 33.3 Å².